The van der Waals surface area contributed by atoms with E-state index in [-0.39, 0.29) is 67.0 Å². The number of carbonyl (C=O) groups excluding carboxylic acids is 1. The number of benzene rings is 2. The Morgan fingerprint density at radius 2 is 1.60 bits per heavy atom. The second kappa shape index (κ2) is 12.4. The zero-order chi connectivity index (χ0) is 35.7. The molecule has 0 radical (unpaired) electrons. The SMILES string of the molecule is C[C@H]1C[C@@](CCI)(C(=O)N2CC[C@]3(S(=O)(=O)c4ccc(F)cc4)c4ccc(C(F)(C(F)(F)F)C(F)(F)F)cc4CC[C@H]23)CC[C@H]1C(=O)O. The highest BCUT2D eigenvalue weighted by Crippen LogP contribution is 2.58. The number of rotatable bonds is 7. The third-order valence-electron chi connectivity index (χ3n) is 10.6. The Hall–Kier alpha value is -2.50. The summed E-state index contributed by atoms with van der Waals surface area (Å²) in [5, 5.41) is 9.68. The number of halogens is 9. The van der Waals surface area contributed by atoms with E-state index < -0.39 is 73.2 Å². The molecule has 2 aromatic carbocycles. The van der Waals surface area contributed by atoms with Crippen molar-refractivity contribution in [2.45, 2.75) is 85.6 Å². The standard InChI is InChI=1S/C32H32F8INO5S/c1-18-17-28(12-14-41,11-10-23(18)26(43)44)27(45)42-15-13-29(48(46,47)22-6-4-21(33)5-7-22)24-8-3-20(16-19(24)2-9-25(29)42)30(34,31(35,36)37)32(38,39)40/h3-8,16,18,23,25H,2,9-15,17H2,1H3,(H,43,44)/t18-,23+,25-,28+,29-/m0/s1. The van der Waals surface area contributed by atoms with Crippen LogP contribution in [0.3, 0.4) is 0 Å². The Labute approximate surface area is 285 Å². The van der Waals surface area contributed by atoms with Crippen LogP contribution in [0.2, 0.25) is 0 Å². The number of fused-ring (bicyclic) bond motifs is 3. The Morgan fingerprint density at radius 1 is 0.979 bits per heavy atom. The summed E-state index contributed by atoms with van der Waals surface area (Å²) in [6, 6.07) is 4.13. The molecule has 2 aromatic rings. The van der Waals surface area contributed by atoms with Gasteiger partial charge < -0.3 is 10.0 Å². The predicted octanol–water partition coefficient (Wildman–Crippen LogP) is 7.66. The molecule has 1 N–H and O–H groups in total. The Balaban J connectivity index is 1.67. The summed E-state index contributed by atoms with van der Waals surface area (Å²) >= 11 is 2.10. The highest BCUT2D eigenvalue weighted by atomic mass is 127. The maximum atomic E-state index is 15.1. The zero-order valence-corrected chi connectivity index (χ0v) is 28.4. The zero-order valence-electron chi connectivity index (χ0n) is 25.5. The van der Waals surface area contributed by atoms with Crippen molar-refractivity contribution >= 4 is 44.3 Å². The lowest BCUT2D eigenvalue weighted by atomic mass is 9.63. The molecular weight excluding hydrogens is 789 g/mol. The topological polar surface area (TPSA) is 91.8 Å². The van der Waals surface area contributed by atoms with Gasteiger partial charge in [-0.2, -0.15) is 26.3 Å². The largest absolute Gasteiger partial charge is 0.481 e. The number of carbonyl (C=O) groups is 2. The van der Waals surface area contributed by atoms with Crippen LogP contribution in [0.4, 0.5) is 35.1 Å². The van der Waals surface area contributed by atoms with Gasteiger partial charge in [-0.05, 0) is 86.3 Å². The van der Waals surface area contributed by atoms with E-state index in [1.807, 2.05) is 0 Å². The first kappa shape index (κ1) is 36.8. The summed E-state index contributed by atoms with van der Waals surface area (Å²) < 4.78 is 139. The van der Waals surface area contributed by atoms with E-state index in [2.05, 4.69) is 22.6 Å². The fourth-order valence-corrected chi connectivity index (χ4v) is 11.7. The molecule has 2 fully saturated rings. The minimum absolute atomic E-state index is 0.136. The predicted molar refractivity (Wildman–Crippen MR) is 165 cm³/mol. The summed E-state index contributed by atoms with van der Waals surface area (Å²) in [6.07, 6.45) is -12.5. The van der Waals surface area contributed by atoms with Crippen LogP contribution in [0.1, 0.15) is 62.1 Å². The van der Waals surface area contributed by atoms with Crippen LogP contribution in [0.25, 0.3) is 0 Å². The van der Waals surface area contributed by atoms with E-state index in [0.717, 1.165) is 30.3 Å². The fourth-order valence-electron chi connectivity index (χ4n) is 8.25. The lowest BCUT2D eigenvalue weighted by Crippen LogP contribution is -2.56. The van der Waals surface area contributed by atoms with Gasteiger partial charge in [0.05, 0.1) is 22.3 Å². The van der Waals surface area contributed by atoms with Gasteiger partial charge in [0.25, 0.3) is 0 Å². The number of alkyl halides is 8. The minimum Gasteiger partial charge on any atom is -0.481 e. The van der Waals surface area contributed by atoms with Crippen molar-refractivity contribution in [1.82, 2.24) is 4.90 Å². The molecule has 264 valence electrons. The first-order valence-electron chi connectivity index (χ1n) is 15.2. The molecule has 5 atom stereocenters. The van der Waals surface area contributed by atoms with Gasteiger partial charge in [0, 0.05) is 16.5 Å². The van der Waals surface area contributed by atoms with Crippen molar-refractivity contribution in [1.29, 1.82) is 0 Å². The number of carboxylic acids is 1. The lowest BCUT2D eigenvalue weighted by Gasteiger charge is -2.47. The molecule has 0 spiro atoms. The minimum atomic E-state index is -6.38. The van der Waals surface area contributed by atoms with E-state index >= 15 is 4.39 Å². The highest BCUT2D eigenvalue weighted by molar-refractivity contribution is 14.1. The molecule has 48 heavy (non-hydrogen) atoms. The van der Waals surface area contributed by atoms with Crippen LogP contribution >= 0.6 is 22.6 Å². The van der Waals surface area contributed by atoms with E-state index in [4.69, 9.17) is 0 Å². The molecule has 2 aliphatic carbocycles. The third-order valence-corrected chi connectivity index (χ3v) is 13.7. The number of aliphatic carboxylic acids is 1. The summed E-state index contributed by atoms with van der Waals surface area (Å²) in [7, 11) is -4.63. The molecule has 1 saturated heterocycles. The number of hydrogen-bond acceptors (Lipinski definition) is 4. The van der Waals surface area contributed by atoms with Gasteiger partial charge in [-0.1, -0.05) is 47.7 Å². The molecule has 0 aromatic heterocycles. The molecule has 5 rings (SSSR count). The Morgan fingerprint density at radius 3 is 2.15 bits per heavy atom. The van der Waals surface area contributed by atoms with Crippen molar-refractivity contribution in [2.24, 2.45) is 17.3 Å². The van der Waals surface area contributed by atoms with E-state index in [1.165, 1.54) is 4.90 Å². The lowest BCUT2D eigenvalue weighted by molar-refractivity contribution is -0.348. The molecule has 0 unspecified atom stereocenters. The summed E-state index contributed by atoms with van der Waals surface area (Å²) in [5.74, 6) is -3.20. The van der Waals surface area contributed by atoms with Crippen molar-refractivity contribution < 1.29 is 58.2 Å². The molecular formula is C32H32F8INO5S. The van der Waals surface area contributed by atoms with Gasteiger partial charge in [0.15, 0.2) is 9.84 Å². The van der Waals surface area contributed by atoms with Gasteiger partial charge in [-0.3, -0.25) is 9.59 Å². The monoisotopic (exact) mass is 821 g/mol. The number of aryl methyl sites for hydroxylation is 1. The molecule has 1 amide bonds. The smallest absolute Gasteiger partial charge is 0.435 e. The summed E-state index contributed by atoms with van der Waals surface area (Å²) in [4.78, 5) is 27.5. The first-order valence-corrected chi connectivity index (χ1v) is 18.2. The Bertz CT molecular complexity index is 1690. The van der Waals surface area contributed by atoms with Gasteiger partial charge in [-0.25, -0.2) is 17.2 Å². The van der Waals surface area contributed by atoms with Gasteiger partial charge >= 0.3 is 24.0 Å². The molecule has 16 heteroatoms. The van der Waals surface area contributed by atoms with E-state index in [1.54, 1.807) is 6.92 Å². The summed E-state index contributed by atoms with van der Waals surface area (Å²) in [6.45, 7) is 1.60. The second-order valence-corrected chi connectivity index (χ2v) is 16.3. The molecule has 1 aliphatic heterocycles. The molecule has 0 bridgehead atoms. The van der Waals surface area contributed by atoms with Crippen LogP contribution in [-0.4, -0.2) is 59.7 Å². The van der Waals surface area contributed by atoms with Gasteiger partial charge in [-0.15, -0.1) is 0 Å². The molecule has 3 aliphatic rings. The molecule has 1 saturated carbocycles. The van der Waals surface area contributed by atoms with Crippen LogP contribution in [-0.2, 0) is 36.3 Å². The van der Waals surface area contributed by atoms with Gasteiger partial charge in [0.1, 0.15) is 10.6 Å². The number of likely N-dealkylation sites (tertiary alicyclic amines) is 1. The first-order chi connectivity index (χ1) is 22.2. The third kappa shape index (κ3) is 5.50. The quantitative estimate of drug-likeness (QED) is 0.134. The van der Waals surface area contributed by atoms with Crippen LogP contribution in [0.15, 0.2) is 47.4 Å². The van der Waals surface area contributed by atoms with Crippen LogP contribution in [0.5, 0.6) is 0 Å². The van der Waals surface area contributed by atoms with Crippen molar-refractivity contribution in [3.05, 3.63) is 65.0 Å². The molecule has 6 nitrogen and oxygen atoms in total. The summed E-state index contributed by atoms with van der Waals surface area (Å²) in [5.41, 5.74) is -8.90. The van der Waals surface area contributed by atoms with Crippen LogP contribution < -0.4 is 0 Å². The number of nitrogens with zero attached hydrogens (tertiary/aromatic N) is 1. The normalized spacial score (nSPS) is 28.1. The highest BCUT2D eigenvalue weighted by Gasteiger charge is 2.74. The van der Waals surface area contributed by atoms with Crippen molar-refractivity contribution in [3.8, 4) is 0 Å². The number of amides is 1. The van der Waals surface area contributed by atoms with Crippen LogP contribution in [0, 0.1) is 23.1 Å². The average molecular weight is 822 g/mol. The maximum absolute atomic E-state index is 15.1. The number of hydrogen-bond donors (Lipinski definition) is 1. The average Bonchev–Trinajstić information content (AvgIpc) is 3.40. The Kier molecular flexibility index (Phi) is 9.48. The second-order valence-electron chi connectivity index (χ2n) is 13.1. The number of sulfone groups is 1. The van der Waals surface area contributed by atoms with Crippen molar-refractivity contribution in [3.63, 3.8) is 0 Å². The molecule has 1 heterocycles. The fraction of sp³-hybridized carbons (Fsp3) is 0.562. The van der Waals surface area contributed by atoms with E-state index in [9.17, 15) is 53.8 Å². The number of carboxylic acid groups (broad SMARTS) is 1. The van der Waals surface area contributed by atoms with Gasteiger partial charge in [0.2, 0.25) is 5.91 Å². The van der Waals surface area contributed by atoms with E-state index in [0.29, 0.717) is 23.0 Å². The maximum Gasteiger partial charge on any atom is 0.435 e. The van der Waals surface area contributed by atoms with Crippen molar-refractivity contribution in [2.75, 3.05) is 11.0 Å².